The smallest absolute Gasteiger partial charge is 0.414 e. The van der Waals surface area contributed by atoms with Crippen LogP contribution in [0.25, 0.3) is 0 Å². The van der Waals surface area contributed by atoms with Crippen molar-refractivity contribution in [1.82, 2.24) is 25.8 Å². The Bertz CT molecular complexity index is 1000. The summed E-state index contributed by atoms with van der Waals surface area (Å²) in [6, 6.07) is 7.16. The summed E-state index contributed by atoms with van der Waals surface area (Å²) in [6.45, 7) is 12.1. The van der Waals surface area contributed by atoms with Gasteiger partial charge < -0.3 is 30.7 Å². The summed E-state index contributed by atoms with van der Waals surface area (Å²) < 4.78 is 6.02. The Labute approximate surface area is 232 Å². The fraction of sp³-hybridized carbons (Fsp3) is 0.679. The second-order valence-electron chi connectivity index (χ2n) is 11.9. The van der Waals surface area contributed by atoms with Crippen LogP contribution in [0.5, 0.6) is 0 Å². The molecular weight excluding hydrogens is 500 g/mol. The van der Waals surface area contributed by atoms with E-state index in [2.05, 4.69) is 16.0 Å². The first-order valence-corrected chi connectivity index (χ1v) is 13.7. The molecule has 0 bridgehead atoms. The minimum atomic E-state index is -1.06. The van der Waals surface area contributed by atoms with E-state index in [1.54, 1.807) is 25.9 Å². The van der Waals surface area contributed by atoms with Crippen LogP contribution < -0.4 is 20.9 Å². The molecule has 0 radical (unpaired) electrons. The lowest BCUT2D eigenvalue weighted by Gasteiger charge is -2.42. The maximum atomic E-state index is 13.2. The van der Waals surface area contributed by atoms with Crippen LogP contribution in [-0.4, -0.2) is 103 Å². The number of fused-ring (bicyclic) bond motifs is 1. The Morgan fingerprint density at radius 2 is 1.74 bits per heavy atom. The second kappa shape index (κ2) is 12.5. The molecule has 39 heavy (non-hydrogen) atoms. The standard InChI is InChI=1S/C28H46N6O5/c1-17(2)30-26(37)34-16-21(39-27(38)32(8)19-12-10-9-11-13-19)22-20(34)14-15-33(22)25(36)23(28(4,5)6)31-24(35)18(3)29-7/h9-13,17-18,20-23,25,29,36H,14-16H2,1-8H3,(H,30,37)(H,31,35). The molecule has 1 aromatic carbocycles. The Kier molecular flexibility index (Phi) is 9.84. The summed E-state index contributed by atoms with van der Waals surface area (Å²) in [6.07, 6.45) is -1.67. The van der Waals surface area contributed by atoms with Gasteiger partial charge in [-0.15, -0.1) is 0 Å². The zero-order valence-electron chi connectivity index (χ0n) is 24.5. The van der Waals surface area contributed by atoms with Gasteiger partial charge in [0.1, 0.15) is 12.3 Å². The Morgan fingerprint density at radius 3 is 2.31 bits per heavy atom. The highest BCUT2D eigenvalue weighted by atomic mass is 16.6. The van der Waals surface area contributed by atoms with E-state index in [1.807, 2.05) is 69.9 Å². The lowest BCUT2D eigenvalue weighted by Crippen LogP contribution is -2.62. The molecule has 11 heteroatoms. The van der Waals surface area contributed by atoms with Crippen LogP contribution in [0, 0.1) is 5.41 Å². The van der Waals surface area contributed by atoms with Crippen molar-refractivity contribution in [2.45, 2.75) is 90.5 Å². The minimum absolute atomic E-state index is 0.0560. The molecule has 2 aliphatic heterocycles. The van der Waals surface area contributed by atoms with Gasteiger partial charge in [-0.1, -0.05) is 39.0 Å². The number of carbonyl (C=O) groups excluding carboxylic acids is 3. The van der Waals surface area contributed by atoms with Crippen LogP contribution in [0.2, 0.25) is 0 Å². The summed E-state index contributed by atoms with van der Waals surface area (Å²) in [5, 5.41) is 20.6. The third kappa shape index (κ3) is 7.01. The van der Waals surface area contributed by atoms with E-state index in [-0.39, 0.29) is 30.6 Å². The molecule has 3 rings (SSSR count). The first-order chi connectivity index (χ1) is 18.3. The molecule has 0 spiro atoms. The van der Waals surface area contributed by atoms with Gasteiger partial charge in [0.15, 0.2) is 0 Å². The third-order valence-electron chi connectivity index (χ3n) is 7.66. The number of para-hydroxylation sites is 1. The number of nitrogens with zero attached hydrogens (tertiary/aromatic N) is 3. The molecule has 2 saturated heterocycles. The lowest BCUT2D eigenvalue weighted by atomic mass is 9.84. The number of aliphatic hydroxyl groups is 1. The number of rotatable bonds is 8. The monoisotopic (exact) mass is 546 g/mol. The van der Waals surface area contributed by atoms with Gasteiger partial charge in [0.25, 0.3) is 0 Å². The summed E-state index contributed by atoms with van der Waals surface area (Å²) in [7, 11) is 3.35. The summed E-state index contributed by atoms with van der Waals surface area (Å²) in [5.41, 5.74) is 0.206. The van der Waals surface area contributed by atoms with Gasteiger partial charge in [0.2, 0.25) is 5.91 Å². The zero-order chi connectivity index (χ0) is 29.1. The van der Waals surface area contributed by atoms with Gasteiger partial charge in [0.05, 0.1) is 30.7 Å². The van der Waals surface area contributed by atoms with E-state index < -0.39 is 42.0 Å². The quantitative estimate of drug-likeness (QED) is 0.393. The van der Waals surface area contributed by atoms with Crippen molar-refractivity contribution in [2.75, 3.05) is 32.1 Å². The molecule has 2 aliphatic rings. The highest BCUT2D eigenvalue weighted by Crippen LogP contribution is 2.37. The van der Waals surface area contributed by atoms with Gasteiger partial charge in [-0.3, -0.25) is 14.6 Å². The highest BCUT2D eigenvalue weighted by Gasteiger charge is 2.55. The van der Waals surface area contributed by atoms with E-state index >= 15 is 0 Å². The number of hydrogen-bond donors (Lipinski definition) is 4. The van der Waals surface area contributed by atoms with E-state index in [0.717, 1.165) is 0 Å². The molecule has 0 aliphatic carbocycles. The molecule has 11 nitrogen and oxygen atoms in total. The van der Waals surface area contributed by atoms with Crippen molar-refractivity contribution >= 4 is 23.7 Å². The molecule has 4 N–H and O–H groups in total. The Morgan fingerprint density at radius 1 is 1.10 bits per heavy atom. The number of likely N-dealkylation sites (tertiary alicyclic amines) is 2. The Balaban J connectivity index is 1.88. The molecule has 218 valence electrons. The fourth-order valence-electron chi connectivity index (χ4n) is 5.34. The predicted molar refractivity (Wildman–Crippen MR) is 150 cm³/mol. The average molecular weight is 547 g/mol. The molecule has 6 unspecified atom stereocenters. The molecule has 0 saturated carbocycles. The number of benzene rings is 1. The SMILES string of the molecule is CNC(C)C(=O)NC(C(O)N1CCC2C1C(OC(=O)N(C)c1ccccc1)CN2C(=O)NC(C)C)C(C)(C)C. The molecule has 0 aromatic heterocycles. The molecular formula is C28H46N6O5. The number of likely N-dealkylation sites (N-methyl/N-ethyl adjacent to an activating group) is 1. The van der Waals surface area contributed by atoms with Gasteiger partial charge >= 0.3 is 12.1 Å². The second-order valence-corrected chi connectivity index (χ2v) is 11.9. The largest absolute Gasteiger partial charge is 0.442 e. The topological polar surface area (TPSA) is 126 Å². The van der Waals surface area contributed by atoms with Gasteiger partial charge in [-0.2, -0.15) is 0 Å². The highest BCUT2D eigenvalue weighted by molar-refractivity contribution is 5.87. The average Bonchev–Trinajstić information content (AvgIpc) is 3.46. The fourth-order valence-corrected chi connectivity index (χ4v) is 5.34. The summed E-state index contributed by atoms with van der Waals surface area (Å²) >= 11 is 0. The maximum absolute atomic E-state index is 13.2. The van der Waals surface area contributed by atoms with Gasteiger partial charge in [0, 0.05) is 25.3 Å². The number of anilines is 1. The van der Waals surface area contributed by atoms with E-state index in [0.29, 0.717) is 18.7 Å². The summed E-state index contributed by atoms with van der Waals surface area (Å²) in [4.78, 5) is 44.2. The first-order valence-electron chi connectivity index (χ1n) is 13.7. The number of hydrogen-bond acceptors (Lipinski definition) is 7. The van der Waals surface area contributed by atoms with Crippen LogP contribution in [0.3, 0.4) is 0 Å². The van der Waals surface area contributed by atoms with Gasteiger partial charge in [-0.25, -0.2) is 9.59 Å². The number of ether oxygens (including phenoxy) is 1. The van der Waals surface area contributed by atoms with E-state index in [1.165, 1.54) is 4.90 Å². The zero-order valence-corrected chi connectivity index (χ0v) is 24.5. The summed E-state index contributed by atoms with van der Waals surface area (Å²) in [5.74, 6) is -0.218. The number of aliphatic hydroxyl groups excluding tert-OH is 1. The molecule has 2 heterocycles. The van der Waals surface area contributed by atoms with Crippen molar-refractivity contribution in [1.29, 1.82) is 0 Å². The van der Waals surface area contributed by atoms with Crippen molar-refractivity contribution < 1.29 is 24.2 Å². The number of nitrogens with one attached hydrogen (secondary N) is 3. The molecule has 6 atom stereocenters. The van der Waals surface area contributed by atoms with Crippen LogP contribution in [0.1, 0.15) is 48.0 Å². The van der Waals surface area contributed by atoms with Crippen LogP contribution in [0.15, 0.2) is 30.3 Å². The van der Waals surface area contributed by atoms with Crippen molar-refractivity contribution in [3.63, 3.8) is 0 Å². The van der Waals surface area contributed by atoms with E-state index in [4.69, 9.17) is 4.74 Å². The predicted octanol–water partition coefficient (Wildman–Crippen LogP) is 1.96. The third-order valence-corrected chi connectivity index (χ3v) is 7.66. The first kappa shape index (κ1) is 30.6. The molecule has 4 amide bonds. The molecule has 1 aromatic rings. The van der Waals surface area contributed by atoms with Crippen LogP contribution in [0.4, 0.5) is 15.3 Å². The van der Waals surface area contributed by atoms with Crippen molar-refractivity contribution in [2.24, 2.45) is 5.41 Å². The normalized spacial score (nSPS) is 23.6. The minimum Gasteiger partial charge on any atom is -0.442 e. The van der Waals surface area contributed by atoms with Crippen LogP contribution >= 0.6 is 0 Å². The lowest BCUT2D eigenvalue weighted by molar-refractivity contribution is -0.129. The number of carbonyl (C=O) groups is 3. The van der Waals surface area contributed by atoms with Gasteiger partial charge in [-0.05, 0) is 51.8 Å². The van der Waals surface area contributed by atoms with Crippen molar-refractivity contribution in [3.05, 3.63) is 30.3 Å². The van der Waals surface area contributed by atoms with Crippen LogP contribution in [-0.2, 0) is 9.53 Å². The maximum Gasteiger partial charge on any atom is 0.414 e. The van der Waals surface area contributed by atoms with E-state index in [9.17, 15) is 19.5 Å². The number of amides is 4. The number of urea groups is 1. The Hall–Kier alpha value is -2.89. The van der Waals surface area contributed by atoms with Crippen molar-refractivity contribution in [3.8, 4) is 0 Å². The molecule has 2 fully saturated rings.